The molecule has 0 atom stereocenters. The summed E-state index contributed by atoms with van der Waals surface area (Å²) in [4.78, 5) is 8.43. The molecule has 3 nitrogen and oxygen atoms in total. The minimum atomic E-state index is -1.31. The molecule has 1 aromatic heterocycles. The number of halogens is 1. The van der Waals surface area contributed by atoms with Crippen LogP contribution in [0.4, 0.5) is 4.39 Å². The van der Waals surface area contributed by atoms with Crippen LogP contribution in [-0.2, 0) is 12.8 Å². The van der Waals surface area contributed by atoms with Crippen LogP contribution < -0.4 is 4.74 Å². The molecule has 1 aliphatic carbocycles. The van der Waals surface area contributed by atoms with Gasteiger partial charge < -0.3 is 4.74 Å². The average molecular weight is 353 g/mol. The molecule has 2 heterocycles. The van der Waals surface area contributed by atoms with Crippen LogP contribution >= 0.6 is 11.3 Å². The lowest BCUT2D eigenvalue weighted by molar-refractivity contribution is 0.120. The standard InChI is InChI=1S/C19H29FN2OS/c1-19(2,20)14-23-18-21-16-9-12-22(13-10-17(16)24-18)11-8-15-6-4-3-5-7-15/h8H,3-7,9-14H2,1-2H3. The van der Waals surface area contributed by atoms with Crippen molar-refractivity contribution in [2.24, 2.45) is 0 Å². The number of aromatic nitrogens is 1. The van der Waals surface area contributed by atoms with Gasteiger partial charge in [-0.1, -0.05) is 29.4 Å². The molecule has 0 spiro atoms. The van der Waals surface area contributed by atoms with Crippen molar-refractivity contribution in [3.63, 3.8) is 0 Å². The second-order valence-corrected chi connectivity index (χ2v) is 8.63. The number of fused-ring (bicyclic) bond motifs is 1. The summed E-state index contributed by atoms with van der Waals surface area (Å²) in [6, 6.07) is 0. The van der Waals surface area contributed by atoms with Crippen molar-refractivity contribution in [3.8, 4) is 5.19 Å². The number of alkyl halides is 1. The van der Waals surface area contributed by atoms with E-state index in [1.165, 1.54) is 50.8 Å². The van der Waals surface area contributed by atoms with Gasteiger partial charge in [0.05, 0.1) is 5.69 Å². The Bertz CT molecular complexity index is 543. The predicted octanol–water partition coefficient (Wildman–Crippen LogP) is 4.56. The summed E-state index contributed by atoms with van der Waals surface area (Å²) in [5.41, 5.74) is 1.49. The van der Waals surface area contributed by atoms with E-state index in [2.05, 4.69) is 16.0 Å². The van der Waals surface area contributed by atoms with Gasteiger partial charge in [0.2, 0.25) is 0 Å². The quantitative estimate of drug-likeness (QED) is 0.726. The highest BCUT2D eigenvalue weighted by Crippen LogP contribution is 2.29. The van der Waals surface area contributed by atoms with Gasteiger partial charge in [-0.05, 0) is 46.0 Å². The molecule has 5 heteroatoms. The van der Waals surface area contributed by atoms with Crippen LogP contribution in [0.15, 0.2) is 11.6 Å². The number of hydrogen-bond donors (Lipinski definition) is 0. The van der Waals surface area contributed by atoms with Gasteiger partial charge in [0.25, 0.3) is 5.19 Å². The van der Waals surface area contributed by atoms with E-state index in [1.54, 1.807) is 16.9 Å². The van der Waals surface area contributed by atoms with Crippen molar-refractivity contribution in [3.05, 3.63) is 22.2 Å². The Hall–Kier alpha value is -0.940. The smallest absolute Gasteiger partial charge is 0.273 e. The number of nitrogens with zero attached hydrogens (tertiary/aromatic N) is 2. The van der Waals surface area contributed by atoms with Gasteiger partial charge in [0, 0.05) is 30.9 Å². The molecule has 0 unspecified atom stereocenters. The van der Waals surface area contributed by atoms with Crippen LogP contribution in [0.25, 0.3) is 0 Å². The molecule has 24 heavy (non-hydrogen) atoms. The fraction of sp³-hybridized carbons (Fsp3) is 0.737. The molecule has 0 radical (unpaired) electrons. The van der Waals surface area contributed by atoms with Crippen LogP contribution in [0.3, 0.4) is 0 Å². The first-order chi connectivity index (χ1) is 11.5. The van der Waals surface area contributed by atoms with Gasteiger partial charge >= 0.3 is 0 Å². The van der Waals surface area contributed by atoms with Gasteiger partial charge in [0.1, 0.15) is 12.3 Å². The molecule has 1 fully saturated rings. The Morgan fingerprint density at radius 3 is 2.67 bits per heavy atom. The maximum absolute atomic E-state index is 13.6. The summed E-state index contributed by atoms with van der Waals surface area (Å²) >= 11 is 1.60. The minimum absolute atomic E-state index is 0.0685. The van der Waals surface area contributed by atoms with Crippen molar-refractivity contribution >= 4 is 11.3 Å². The van der Waals surface area contributed by atoms with E-state index < -0.39 is 5.67 Å². The van der Waals surface area contributed by atoms with Crippen LogP contribution in [0.1, 0.15) is 56.5 Å². The van der Waals surface area contributed by atoms with E-state index in [-0.39, 0.29) is 6.61 Å². The number of rotatable bonds is 5. The average Bonchev–Trinajstić information content (AvgIpc) is 2.85. The first-order valence-electron chi connectivity index (χ1n) is 9.20. The summed E-state index contributed by atoms with van der Waals surface area (Å²) in [5, 5.41) is 0.628. The van der Waals surface area contributed by atoms with E-state index in [9.17, 15) is 4.39 Å². The normalized spacial score (nSPS) is 19.7. The van der Waals surface area contributed by atoms with E-state index in [0.29, 0.717) is 5.19 Å². The molecule has 0 aromatic carbocycles. The number of thiazole rings is 1. The highest BCUT2D eigenvalue weighted by atomic mass is 32.1. The topological polar surface area (TPSA) is 25.4 Å². The third-order valence-electron chi connectivity index (χ3n) is 4.75. The summed E-state index contributed by atoms with van der Waals surface area (Å²) in [7, 11) is 0. The van der Waals surface area contributed by atoms with Crippen molar-refractivity contribution < 1.29 is 9.13 Å². The zero-order valence-electron chi connectivity index (χ0n) is 14.9. The summed E-state index contributed by atoms with van der Waals surface area (Å²) in [6.07, 6.45) is 11.2. The summed E-state index contributed by atoms with van der Waals surface area (Å²) in [5.74, 6) is 0. The van der Waals surface area contributed by atoms with Gasteiger partial charge in [-0.2, -0.15) is 0 Å². The van der Waals surface area contributed by atoms with Gasteiger partial charge in [0.15, 0.2) is 0 Å². The highest BCUT2D eigenvalue weighted by molar-refractivity contribution is 7.13. The minimum Gasteiger partial charge on any atom is -0.467 e. The lowest BCUT2D eigenvalue weighted by atomic mass is 9.95. The maximum Gasteiger partial charge on any atom is 0.273 e. The number of allylic oxidation sites excluding steroid dienone is 1. The third-order valence-corrected chi connectivity index (χ3v) is 5.82. The van der Waals surface area contributed by atoms with E-state index in [1.807, 2.05) is 0 Å². The van der Waals surface area contributed by atoms with Crippen molar-refractivity contribution in [2.75, 3.05) is 26.2 Å². The molecule has 0 N–H and O–H groups in total. The molecule has 0 saturated heterocycles. The zero-order valence-corrected chi connectivity index (χ0v) is 15.8. The molecule has 0 bridgehead atoms. The Morgan fingerprint density at radius 2 is 1.92 bits per heavy atom. The third kappa shape index (κ3) is 5.28. The molecule has 134 valence electrons. The molecule has 1 saturated carbocycles. The van der Waals surface area contributed by atoms with Crippen LogP contribution in [-0.4, -0.2) is 41.8 Å². The summed E-state index contributed by atoms with van der Waals surface area (Å²) < 4.78 is 19.1. The van der Waals surface area contributed by atoms with Gasteiger partial charge in [-0.25, -0.2) is 9.37 Å². The van der Waals surface area contributed by atoms with Crippen molar-refractivity contribution in [1.29, 1.82) is 0 Å². The van der Waals surface area contributed by atoms with Crippen LogP contribution in [0.5, 0.6) is 5.19 Å². The molecule has 1 aliphatic heterocycles. The van der Waals surface area contributed by atoms with Crippen molar-refractivity contribution in [2.45, 2.75) is 64.5 Å². The van der Waals surface area contributed by atoms with Crippen LogP contribution in [0.2, 0.25) is 0 Å². The van der Waals surface area contributed by atoms with Gasteiger partial charge in [-0.3, -0.25) is 4.90 Å². The molecular weight excluding hydrogens is 323 g/mol. The SMILES string of the molecule is CC(C)(F)COc1nc2c(s1)CCN(CC=C1CCCCC1)CC2. The van der Waals surface area contributed by atoms with E-state index >= 15 is 0 Å². The predicted molar refractivity (Wildman–Crippen MR) is 97.8 cm³/mol. The number of hydrogen-bond acceptors (Lipinski definition) is 4. The highest BCUT2D eigenvalue weighted by Gasteiger charge is 2.21. The summed E-state index contributed by atoms with van der Waals surface area (Å²) in [6.45, 7) is 6.33. The Labute approximate surface area is 148 Å². The van der Waals surface area contributed by atoms with E-state index in [0.717, 1.165) is 38.2 Å². The Balaban J connectivity index is 1.51. The van der Waals surface area contributed by atoms with Crippen LogP contribution in [0, 0.1) is 0 Å². The molecule has 3 rings (SSSR count). The molecule has 0 amide bonds. The first kappa shape index (κ1) is 17.9. The maximum atomic E-state index is 13.6. The molecule has 2 aliphatic rings. The zero-order chi connectivity index (χ0) is 17.0. The molecular formula is C19H29FN2OS. The molecule has 1 aromatic rings. The Morgan fingerprint density at radius 1 is 1.17 bits per heavy atom. The lowest BCUT2D eigenvalue weighted by Gasteiger charge is -2.20. The second kappa shape index (κ2) is 7.96. The largest absolute Gasteiger partial charge is 0.467 e. The second-order valence-electron chi connectivity index (χ2n) is 7.58. The Kier molecular flexibility index (Phi) is 5.93. The lowest BCUT2D eigenvalue weighted by Crippen LogP contribution is -2.27. The van der Waals surface area contributed by atoms with Gasteiger partial charge in [-0.15, -0.1) is 0 Å². The van der Waals surface area contributed by atoms with E-state index in [4.69, 9.17) is 4.74 Å². The fourth-order valence-electron chi connectivity index (χ4n) is 3.33. The monoisotopic (exact) mass is 352 g/mol. The van der Waals surface area contributed by atoms with Crippen molar-refractivity contribution in [1.82, 2.24) is 9.88 Å². The first-order valence-corrected chi connectivity index (χ1v) is 10.0. The number of ether oxygens (including phenoxy) is 1. The fourth-order valence-corrected chi connectivity index (χ4v) is 4.28.